The molecule has 2 aromatic carbocycles. The van der Waals surface area contributed by atoms with E-state index in [2.05, 4.69) is 0 Å². The summed E-state index contributed by atoms with van der Waals surface area (Å²) in [5.41, 5.74) is -2.61. The summed E-state index contributed by atoms with van der Waals surface area (Å²) < 4.78 is 79.6. The standard InChI is InChI=1S/C12H4F6O2/c13-6-3(1-2-4(19)7(6)14)5-8(15)10(17)11(18)12(20)9(5)16/h1-2,19-20H. The first kappa shape index (κ1) is 14.0. The Balaban J connectivity index is 2.87. The van der Waals surface area contributed by atoms with Crippen LogP contribution in [-0.2, 0) is 0 Å². The van der Waals surface area contributed by atoms with E-state index in [0.29, 0.717) is 12.1 Å². The fourth-order valence-corrected chi connectivity index (χ4v) is 1.59. The molecule has 0 amide bonds. The number of aromatic hydroxyl groups is 2. The fourth-order valence-electron chi connectivity index (χ4n) is 1.59. The Labute approximate surface area is 107 Å². The highest BCUT2D eigenvalue weighted by atomic mass is 19.2. The number of rotatable bonds is 1. The normalized spacial score (nSPS) is 10.9. The van der Waals surface area contributed by atoms with Crippen molar-refractivity contribution in [1.29, 1.82) is 0 Å². The highest BCUT2D eigenvalue weighted by molar-refractivity contribution is 5.68. The van der Waals surface area contributed by atoms with Gasteiger partial charge in [-0.05, 0) is 12.1 Å². The third-order valence-corrected chi connectivity index (χ3v) is 2.57. The topological polar surface area (TPSA) is 40.5 Å². The van der Waals surface area contributed by atoms with Gasteiger partial charge in [-0.1, -0.05) is 0 Å². The summed E-state index contributed by atoms with van der Waals surface area (Å²) in [5, 5.41) is 17.8. The maximum Gasteiger partial charge on any atom is 0.206 e. The van der Waals surface area contributed by atoms with Crippen LogP contribution in [0.25, 0.3) is 11.1 Å². The van der Waals surface area contributed by atoms with Gasteiger partial charge in [0.15, 0.2) is 34.8 Å². The van der Waals surface area contributed by atoms with Crippen LogP contribution in [-0.4, -0.2) is 10.2 Å². The lowest BCUT2D eigenvalue weighted by atomic mass is 10.0. The van der Waals surface area contributed by atoms with E-state index in [1.807, 2.05) is 0 Å². The molecule has 0 bridgehead atoms. The van der Waals surface area contributed by atoms with E-state index in [4.69, 9.17) is 10.2 Å². The minimum atomic E-state index is -2.24. The van der Waals surface area contributed by atoms with Crippen LogP contribution < -0.4 is 0 Å². The molecule has 106 valence electrons. The third kappa shape index (κ3) is 1.84. The van der Waals surface area contributed by atoms with Gasteiger partial charge in [0, 0.05) is 5.56 Å². The van der Waals surface area contributed by atoms with Crippen molar-refractivity contribution < 1.29 is 36.6 Å². The fraction of sp³-hybridized carbons (Fsp3) is 0. The van der Waals surface area contributed by atoms with Gasteiger partial charge < -0.3 is 10.2 Å². The minimum absolute atomic E-state index is 0.548. The van der Waals surface area contributed by atoms with Gasteiger partial charge in [-0.15, -0.1) is 0 Å². The van der Waals surface area contributed by atoms with Crippen LogP contribution in [0, 0.1) is 34.9 Å². The highest BCUT2D eigenvalue weighted by Crippen LogP contribution is 2.38. The van der Waals surface area contributed by atoms with Crippen LogP contribution in [0.3, 0.4) is 0 Å². The number of benzene rings is 2. The van der Waals surface area contributed by atoms with Gasteiger partial charge in [0.2, 0.25) is 11.6 Å². The summed E-state index contributed by atoms with van der Waals surface area (Å²) in [5.74, 6) is -15.3. The zero-order valence-corrected chi connectivity index (χ0v) is 9.32. The molecular formula is C12H4F6O2. The zero-order chi connectivity index (χ0) is 15.2. The van der Waals surface area contributed by atoms with E-state index in [1.54, 1.807) is 0 Å². The summed E-state index contributed by atoms with van der Waals surface area (Å²) in [6.45, 7) is 0. The Morgan fingerprint density at radius 2 is 1.20 bits per heavy atom. The van der Waals surface area contributed by atoms with Crippen LogP contribution in [0.4, 0.5) is 26.3 Å². The maximum atomic E-state index is 13.6. The molecule has 0 radical (unpaired) electrons. The van der Waals surface area contributed by atoms with E-state index >= 15 is 0 Å². The molecule has 0 unspecified atom stereocenters. The van der Waals surface area contributed by atoms with Crippen molar-refractivity contribution in [2.24, 2.45) is 0 Å². The average molecular weight is 294 g/mol. The largest absolute Gasteiger partial charge is 0.505 e. The third-order valence-electron chi connectivity index (χ3n) is 2.57. The van der Waals surface area contributed by atoms with E-state index < -0.39 is 57.5 Å². The SMILES string of the molecule is Oc1ccc(-c2c(F)c(O)c(F)c(F)c2F)c(F)c1F. The average Bonchev–Trinajstić information content (AvgIpc) is 2.43. The number of hydrogen-bond acceptors (Lipinski definition) is 2. The minimum Gasteiger partial charge on any atom is -0.505 e. The van der Waals surface area contributed by atoms with Crippen molar-refractivity contribution in [1.82, 2.24) is 0 Å². The Kier molecular flexibility index (Phi) is 3.24. The molecule has 0 fully saturated rings. The van der Waals surface area contributed by atoms with Gasteiger partial charge in [0.05, 0.1) is 5.56 Å². The first-order valence-electron chi connectivity index (χ1n) is 4.99. The number of hydrogen-bond donors (Lipinski definition) is 2. The van der Waals surface area contributed by atoms with E-state index in [9.17, 15) is 26.3 Å². The Hall–Kier alpha value is -2.38. The lowest BCUT2D eigenvalue weighted by Crippen LogP contribution is -2.02. The Morgan fingerprint density at radius 3 is 1.80 bits per heavy atom. The van der Waals surface area contributed by atoms with Gasteiger partial charge in [-0.25, -0.2) is 17.6 Å². The molecule has 0 aromatic heterocycles. The van der Waals surface area contributed by atoms with E-state index in [0.717, 1.165) is 0 Å². The van der Waals surface area contributed by atoms with Crippen molar-refractivity contribution in [3.05, 3.63) is 47.0 Å². The summed E-state index contributed by atoms with van der Waals surface area (Å²) >= 11 is 0. The monoisotopic (exact) mass is 294 g/mol. The molecule has 2 aromatic rings. The molecule has 2 nitrogen and oxygen atoms in total. The summed E-state index contributed by atoms with van der Waals surface area (Å²) in [7, 11) is 0. The Morgan fingerprint density at radius 1 is 0.600 bits per heavy atom. The first-order chi connectivity index (χ1) is 9.27. The van der Waals surface area contributed by atoms with E-state index in [1.165, 1.54) is 0 Å². The van der Waals surface area contributed by atoms with Crippen molar-refractivity contribution in [2.45, 2.75) is 0 Å². The predicted molar refractivity (Wildman–Crippen MR) is 55.0 cm³/mol. The highest BCUT2D eigenvalue weighted by Gasteiger charge is 2.28. The van der Waals surface area contributed by atoms with Crippen molar-refractivity contribution in [3.8, 4) is 22.6 Å². The molecule has 0 aliphatic rings. The van der Waals surface area contributed by atoms with Crippen LogP contribution in [0.5, 0.6) is 11.5 Å². The van der Waals surface area contributed by atoms with E-state index in [-0.39, 0.29) is 0 Å². The molecule has 0 aliphatic carbocycles. The van der Waals surface area contributed by atoms with Gasteiger partial charge >= 0.3 is 0 Å². The number of halogens is 6. The number of phenolic OH excluding ortho intramolecular Hbond substituents is 2. The molecule has 0 atom stereocenters. The summed E-state index contributed by atoms with van der Waals surface area (Å²) in [4.78, 5) is 0. The maximum absolute atomic E-state index is 13.6. The van der Waals surface area contributed by atoms with Crippen LogP contribution >= 0.6 is 0 Å². The zero-order valence-electron chi connectivity index (χ0n) is 9.32. The molecule has 0 heterocycles. The molecule has 20 heavy (non-hydrogen) atoms. The molecule has 0 saturated heterocycles. The number of phenols is 2. The lowest BCUT2D eigenvalue weighted by molar-refractivity contribution is 0.360. The molecule has 2 rings (SSSR count). The van der Waals surface area contributed by atoms with Gasteiger partial charge in [-0.3, -0.25) is 0 Å². The second-order valence-corrected chi connectivity index (χ2v) is 3.74. The predicted octanol–water partition coefficient (Wildman–Crippen LogP) is 3.60. The molecule has 0 spiro atoms. The van der Waals surface area contributed by atoms with Gasteiger partial charge in [-0.2, -0.15) is 8.78 Å². The Bertz CT molecular complexity index is 685. The van der Waals surface area contributed by atoms with Crippen LogP contribution in [0.2, 0.25) is 0 Å². The lowest BCUT2D eigenvalue weighted by Gasteiger charge is -2.10. The van der Waals surface area contributed by atoms with Crippen molar-refractivity contribution in [3.63, 3.8) is 0 Å². The molecule has 2 N–H and O–H groups in total. The molecule has 8 heteroatoms. The summed E-state index contributed by atoms with van der Waals surface area (Å²) in [6, 6.07) is 1.11. The van der Waals surface area contributed by atoms with Crippen molar-refractivity contribution in [2.75, 3.05) is 0 Å². The van der Waals surface area contributed by atoms with Crippen LogP contribution in [0.15, 0.2) is 12.1 Å². The quantitative estimate of drug-likeness (QED) is 0.479. The van der Waals surface area contributed by atoms with Crippen LogP contribution in [0.1, 0.15) is 0 Å². The van der Waals surface area contributed by atoms with Gasteiger partial charge in [0.25, 0.3) is 0 Å². The smallest absolute Gasteiger partial charge is 0.206 e. The molecule has 0 saturated carbocycles. The second kappa shape index (κ2) is 4.62. The molecular weight excluding hydrogens is 290 g/mol. The van der Waals surface area contributed by atoms with Gasteiger partial charge in [0.1, 0.15) is 0 Å². The molecule has 0 aliphatic heterocycles. The first-order valence-corrected chi connectivity index (χ1v) is 4.99. The second-order valence-electron chi connectivity index (χ2n) is 3.74. The van der Waals surface area contributed by atoms with Crippen molar-refractivity contribution >= 4 is 0 Å². The summed E-state index contributed by atoms with van der Waals surface area (Å²) in [6.07, 6.45) is 0.